The minimum Gasteiger partial charge on any atom is -0.440 e. The van der Waals surface area contributed by atoms with Gasteiger partial charge in [-0.2, -0.15) is 0 Å². The number of benzene rings is 2. The van der Waals surface area contributed by atoms with Crippen molar-refractivity contribution in [2.24, 2.45) is 0 Å². The Bertz CT molecular complexity index is 896. The fourth-order valence-electron chi connectivity index (χ4n) is 3.13. The second kappa shape index (κ2) is 6.49. The number of para-hydroxylation sites is 1. The minimum absolute atomic E-state index is 0.0381. The van der Waals surface area contributed by atoms with E-state index in [1.54, 1.807) is 6.07 Å². The van der Waals surface area contributed by atoms with Crippen molar-refractivity contribution in [3.8, 4) is 11.1 Å². The summed E-state index contributed by atoms with van der Waals surface area (Å²) in [4.78, 5) is 12.4. The van der Waals surface area contributed by atoms with Crippen LogP contribution in [-0.2, 0) is 4.74 Å². The first-order valence-corrected chi connectivity index (χ1v) is 8.29. The Kier molecular flexibility index (Phi) is 4.05. The van der Waals surface area contributed by atoms with E-state index in [4.69, 9.17) is 9.15 Å². The number of rotatable bonds is 4. The van der Waals surface area contributed by atoms with Crippen molar-refractivity contribution >= 4 is 16.9 Å². The monoisotopic (exact) mass is 321 g/mol. The van der Waals surface area contributed by atoms with Crippen LogP contribution in [0.5, 0.6) is 0 Å². The van der Waals surface area contributed by atoms with E-state index in [1.807, 2.05) is 42.5 Å². The van der Waals surface area contributed by atoms with Crippen molar-refractivity contribution in [2.45, 2.75) is 18.9 Å². The van der Waals surface area contributed by atoms with Crippen molar-refractivity contribution in [3.63, 3.8) is 0 Å². The molecule has 24 heavy (non-hydrogen) atoms. The molecule has 4 heteroatoms. The van der Waals surface area contributed by atoms with E-state index < -0.39 is 0 Å². The second-order valence-electron chi connectivity index (χ2n) is 6.04. The normalized spacial score (nSPS) is 17.2. The van der Waals surface area contributed by atoms with Crippen LogP contribution in [0.3, 0.4) is 0 Å². The van der Waals surface area contributed by atoms with E-state index in [2.05, 4.69) is 5.32 Å². The first-order valence-electron chi connectivity index (χ1n) is 8.29. The number of hydrogen-bond donors (Lipinski definition) is 1. The molecule has 1 saturated heterocycles. The van der Waals surface area contributed by atoms with Crippen LogP contribution in [0.25, 0.3) is 22.1 Å². The molecule has 1 N–H and O–H groups in total. The summed E-state index contributed by atoms with van der Waals surface area (Å²) in [5, 5.41) is 3.80. The van der Waals surface area contributed by atoms with Gasteiger partial charge in [-0.05, 0) is 24.5 Å². The molecule has 1 unspecified atom stereocenters. The van der Waals surface area contributed by atoms with Crippen LogP contribution >= 0.6 is 0 Å². The number of nitrogens with one attached hydrogen (secondary N) is 1. The fourth-order valence-corrected chi connectivity index (χ4v) is 3.13. The van der Waals surface area contributed by atoms with Crippen LogP contribution < -0.4 is 10.7 Å². The highest BCUT2D eigenvalue weighted by atomic mass is 16.5. The van der Waals surface area contributed by atoms with E-state index in [9.17, 15) is 4.79 Å². The smallest absolute Gasteiger partial charge is 0.197 e. The average Bonchev–Trinajstić information content (AvgIpc) is 3.14. The van der Waals surface area contributed by atoms with Gasteiger partial charge in [-0.1, -0.05) is 42.5 Å². The van der Waals surface area contributed by atoms with Gasteiger partial charge in [0, 0.05) is 24.8 Å². The molecule has 0 aliphatic carbocycles. The fraction of sp³-hybridized carbons (Fsp3) is 0.250. The molecule has 4 nitrogen and oxygen atoms in total. The summed E-state index contributed by atoms with van der Waals surface area (Å²) in [6.45, 7) is 1.47. The summed E-state index contributed by atoms with van der Waals surface area (Å²) in [5.41, 5.74) is 2.53. The Morgan fingerprint density at radius 2 is 1.96 bits per heavy atom. The third kappa shape index (κ3) is 2.93. The van der Waals surface area contributed by atoms with Gasteiger partial charge < -0.3 is 14.5 Å². The van der Waals surface area contributed by atoms with Crippen LogP contribution in [0.4, 0.5) is 5.88 Å². The Hall–Kier alpha value is -2.59. The van der Waals surface area contributed by atoms with E-state index in [1.165, 1.54) is 6.07 Å². The lowest BCUT2D eigenvalue weighted by Gasteiger charge is -2.12. The summed E-state index contributed by atoms with van der Waals surface area (Å²) < 4.78 is 11.6. The molecule has 3 aromatic rings. The van der Waals surface area contributed by atoms with Gasteiger partial charge in [0.1, 0.15) is 5.58 Å². The lowest BCUT2D eigenvalue weighted by molar-refractivity contribution is 0.120. The maximum absolute atomic E-state index is 12.4. The zero-order valence-corrected chi connectivity index (χ0v) is 13.3. The van der Waals surface area contributed by atoms with Crippen molar-refractivity contribution < 1.29 is 9.15 Å². The maximum Gasteiger partial charge on any atom is 0.197 e. The van der Waals surface area contributed by atoms with Crippen LogP contribution in [0.15, 0.2) is 63.8 Å². The maximum atomic E-state index is 12.4. The molecule has 1 atom stereocenters. The molecule has 0 spiro atoms. The van der Waals surface area contributed by atoms with Crippen LogP contribution in [-0.4, -0.2) is 19.3 Å². The number of hydrogen-bond acceptors (Lipinski definition) is 4. The van der Waals surface area contributed by atoms with Crippen LogP contribution in [0, 0.1) is 0 Å². The Balaban J connectivity index is 1.73. The zero-order valence-electron chi connectivity index (χ0n) is 13.3. The highest BCUT2D eigenvalue weighted by molar-refractivity contribution is 5.92. The molecule has 2 heterocycles. The molecule has 1 aromatic heterocycles. The molecular formula is C20H19NO3. The molecular weight excluding hydrogens is 302 g/mol. The predicted molar refractivity (Wildman–Crippen MR) is 95.4 cm³/mol. The number of fused-ring (bicyclic) bond motifs is 1. The van der Waals surface area contributed by atoms with Gasteiger partial charge in [0.15, 0.2) is 11.3 Å². The second-order valence-corrected chi connectivity index (χ2v) is 6.04. The van der Waals surface area contributed by atoms with Crippen molar-refractivity contribution in [1.82, 2.24) is 0 Å². The van der Waals surface area contributed by atoms with Crippen molar-refractivity contribution in [1.29, 1.82) is 0 Å². The minimum atomic E-state index is -0.0381. The molecule has 0 amide bonds. The van der Waals surface area contributed by atoms with Gasteiger partial charge in [0.25, 0.3) is 0 Å². The summed E-state index contributed by atoms with van der Waals surface area (Å²) in [6, 6.07) is 17.1. The molecule has 0 saturated carbocycles. The Morgan fingerprint density at radius 3 is 2.75 bits per heavy atom. The summed E-state index contributed by atoms with van der Waals surface area (Å²) in [5.74, 6) is 0.492. The van der Waals surface area contributed by atoms with Gasteiger partial charge >= 0.3 is 0 Å². The summed E-state index contributed by atoms with van der Waals surface area (Å²) >= 11 is 0. The molecule has 122 valence electrons. The molecule has 0 radical (unpaired) electrons. The van der Waals surface area contributed by atoms with Gasteiger partial charge in [-0.25, -0.2) is 0 Å². The van der Waals surface area contributed by atoms with E-state index in [-0.39, 0.29) is 11.5 Å². The standard InChI is InChI=1S/C20H19NO3/c22-18-12-19(21-13-15-8-5-11-23-15)24-20-16(9-4-10-17(18)20)14-6-2-1-3-7-14/h1-4,6-7,9-10,12,15,21H,5,8,11,13H2. The first-order chi connectivity index (χ1) is 11.8. The molecule has 1 fully saturated rings. The topological polar surface area (TPSA) is 51.5 Å². The van der Waals surface area contributed by atoms with Crippen molar-refractivity contribution in [3.05, 3.63) is 64.8 Å². The Morgan fingerprint density at radius 1 is 1.08 bits per heavy atom. The van der Waals surface area contributed by atoms with Crippen LogP contribution in [0.1, 0.15) is 12.8 Å². The summed E-state index contributed by atoms with van der Waals surface area (Å²) in [7, 11) is 0. The largest absolute Gasteiger partial charge is 0.440 e. The average molecular weight is 321 g/mol. The van der Waals surface area contributed by atoms with Crippen molar-refractivity contribution in [2.75, 3.05) is 18.5 Å². The third-order valence-corrected chi connectivity index (χ3v) is 4.37. The third-order valence-electron chi connectivity index (χ3n) is 4.37. The lowest BCUT2D eigenvalue weighted by atomic mass is 10.0. The van der Waals surface area contributed by atoms with Gasteiger partial charge in [-0.15, -0.1) is 0 Å². The molecule has 1 aliphatic rings. The molecule has 2 aromatic carbocycles. The highest BCUT2D eigenvalue weighted by Crippen LogP contribution is 2.28. The van der Waals surface area contributed by atoms with Gasteiger partial charge in [-0.3, -0.25) is 4.79 Å². The van der Waals surface area contributed by atoms with E-state index in [0.717, 1.165) is 30.6 Å². The Labute approximate surface area is 140 Å². The molecule has 4 rings (SSSR count). The van der Waals surface area contributed by atoms with Gasteiger partial charge in [0.2, 0.25) is 0 Å². The first kappa shape index (κ1) is 15.0. The zero-order chi connectivity index (χ0) is 16.4. The number of ether oxygens (including phenoxy) is 1. The number of anilines is 1. The van der Waals surface area contributed by atoms with E-state index >= 15 is 0 Å². The van der Waals surface area contributed by atoms with Gasteiger partial charge in [0.05, 0.1) is 11.5 Å². The highest BCUT2D eigenvalue weighted by Gasteiger charge is 2.16. The van der Waals surface area contributed by atoms with Crippen LogP contribution in [0.2, 0.25) is 0 Å². The molecule has 1 aliphatic heterocycles. The lowest BCUT2D eigenvalue weighted by Crippen LogP contribution is -2.19. The quantitative estimate of drug-likeness (QED) is 0.787. The SMILES string of the molecule is O=c1cc(NCC2CCCO2)oc2c(-c3ccccc3)cccc12. The molecule has 0 bridgehead atoms. The predicted octanol–water partition coefficient (Wildman–Crippen LogP) is 4.05. The summed E-state index contributed by atoms with van der Waals surface area (Å²) in [6.07, 6.45) is 2.32. The van der Waals surface area contributed by atoms with E-state index in [0.29, 0.717) is 23.4 Å².